The number of urea groups is 1. The number of rotatable bonds is 4. The standard InChI is InChI=1S/C21H22ClN5OS/c1-15-3-2-4-18(13-15)23-20(28)26-9-11-27(12-10-26)21-24-19(25-29-21)14-16-5-7-17(22)8-6-16/h2-8,13H,9-12,14H2,1H3,(H,23,28). The van der Waals surface area contributed by atoms with Crippen LogP contribution >= 0.6 is 23.1 Å². The van der Waals surface area contributed by atoms with Crippen LogP contribution in [0.4, 0.5) is 15.6 Å². The fourth-order valence-electron chi connectivity index (χ4n) is 3.26. The SMILES string of the molecule is Cc1cccc(NC(=O)N2CCN(c3nc(Cc4ccc(Cl)cc4)ns3)CC2)c1. The molecule has 2 amide bonds. The number of hydrogen-bond acceptors (Lipinski definition) is 5. The van der Waals surface area contributed by atoms with E-state index in [2.05, 4.69) is 19.6 Å². The summed E-state index contributed by atoms with van der Waals surface area (Å²) in [5.74, 6) is 0.812. The van der Waals surface area contributed by atoms with Gasteiger partial charge in [-0.1, -0.05) is 35.9 Å². The van der Waals surface area contributed by atoms with Gasteiger partial charge in [-0.05, 0) is 42.3 Å². The Morgan fingerprint density at radius 1 is 1.14 bits per heavy atom. The third-order valence-corrected chi connectivity index (χ3v) is 5.91. The van der Waals surface area contributed by atoms with Gasteiger partial charge in [0.15, 0.2) is 0 Å². The van der Waals surface area contributed by atoms with E-state index in [0.29, 0.717) is 19.5 Å². The lowest BCUT2D eigenvalue weighted by molar-refractivity contribution is 0.208. The highest BCUT2D eigenvalue weighted by molar-refractivity contribution is 7.09. The first kappa shape index (κ1) is 19.7. The van der Waals surface area contributed by atoms with Gasteiger partial charge >= 0.3 is 6.03 Å². The van der Waals surface area contributed by atoms with E-state index >= 15 is 0 Å². The molecule has 1 aliphatic rings. The molecule has 0 bridgehead atoms. The summed E-state index contributed by atoms with van der Waals surface area (Å²) in [6, 6.07) is 15.5. The molecule has 1 aromatic heterocycles. The van der Waals surface area contributed by atoms with Crippen molar-refractivity contribution in [3.63, 3.8) is 0 Å². The Morgan fingerprint density at radius 3 is 2.62 bits per heavy atom. The number of anilines is 2. The Hall–Kier alpha value is -2.64. The number of benzene rings is 2. The molecule has 1 N–H and O–H groups in total. The molecule has 6 nitrogen and oxygen atoms in total. The summed E-state index contributed by atoms with van der Waals surface area (Å²) in [7, 11) is 0. The van der Waals surface area contributed by atoms with E-state index in [0.717, 1.165) is 45.9 Å². The maximum absolute atomic E-state index is 12.5. The van der Waals surface area contributed by atoms with Gasteiger partial charge in [-0.25, -0.2) is 9.78 Å². The number of nitrogens with zero attached hydrogens (tertiary/aromatic N) is 4. The quantitative estimate of drug-likeness (QED) is 0.668. The van der Waals surface area contributed by atoms with Gasteiger partial charge in [0.2, 0.25) is 5.13 Å². The second-order valence-electron chi connectivity index (χ2n) is 7.07. The van der Waals surface area contributed by atoms with Crippen LogP contribution in [0.25, 0.3) is 0 Å². The van der Waals surface area contributed by atoms with Crippen molar-refractivity contribution in [2.45, 2.75) is 13.3 Å². The molecule has 0 spiro atoms. The van der Waals surface area contributed by atoms with Gasteiger partial charge < -0.3 is 15.1 Å². The Bertz CT molecular complexity index is 983. The zero-order valence-electron chi connectivity index (χ0n) is 16.1. The van der Waals surface area contributed by atoms with Crippen molar-refractivity contribution < 1.29 is 4.79 Å². The number of aromatic nitrogens is 2. The topological polar surface area (TPSA) is 61.4 Å². The van der Waals surface area contributed by atoms with Crippen LogP contribution in [0.5, 0.6) is 0 Å². The average molecular weight is 428 g/mol. The minimum absolute atomic E-state index is 0.0593. The zero-order valence-corrected chi connectivity index (χ0v) is 17.7. The number of aryl methyl sites for hydroxylation is 1. The lowest BCUT2D eigenvalue weighted by Gasteiger charge is -2.34. The van der Waals surface area contributed by atoms with Crippen molar-refractivity contribution in [1.82, 2.24) is 14.3 Å². The maximum Gasteiger partial charge on any atom is 0.321 e. The number of piperazine rings is 1. The molecular formula is C21H22ClN5OS. The first-order valence-electron chi connectivity index (χ1n) is 9.51. The number of hydrogen-bond donors (Lipinski definition) is 1. The highest BCUT2D eigenvalue weighted by Gasteiger charge is 2.23. The molecule has 2 heterocycles. The zero-order chi connectivity index (χ0) is 20.2. The van der Waals surface area contributed by atoms with E-state index in [1.165, 1.54) is 11.5 Å². The number of carbonyl (C=O) groups is 1. The molecule has 150 valence electrons. The Kier molecular flexibility index (Phi) is 5.97. The summed E-state index contributed by atoms with van der Waals surface area (Å²) >= 11 is 7.35. The molecule has 0 aliphatic carbocycles. The largest absolute Gasteiger partial charge is 0.343 e. The number of nitrogens with one attached hydrogen (secondary N) is 1. The van der Waals surface area contributed by atoms with Crippen molar-refractivity contribution >= 4 is 40.0 Å². The summed E-state index contributed by atoms with van der Waals surface area (Å²) in [5.41, 5.74) is 3.09. The number of halogens is 1. The molecule has 0 atom stereocenters. The third kappa shape index (κ3) is 5.05. The first-order chi connectivity index (χ1) is 14.1. The smallest absolute Gasteiger partial charge is 0.321 e. The van der Waals surface area contributed by atoms with Gasteiger partial charge in [-0.15, -0.1) is 0 Å². The van der Waals surface area contributed by atoms with Crippen molar-refractivity contribution in [2.24, 2.45) is 0 Å². The van der Waals surface area contributed by atoms with Crippen LogP contribution in [0.1, 0.15) is 17.0 Å². The molecule has 0 radical (unpaired) electrons. The van der Waals surface area contributed by atoms with Crippen LogP contribution < -0.4 is 10.2 Å². The van der Waals surface area contributed by atoms with Gasteiger partial charge in [0, 0.05) is 54.8 Å². The van der Waals surface area contributed by atoms with Crippen LogP contribution in [-0.4, -0.2) is 46.5 Å². The molecule has 8 heteroatoms. The average Bonchev–Trinajstić information content (AvgIpc) is 3.18. The van der Waals surface area contributed by atoms with Crippen LogP contribution in [0.2, 0.25) is 5.02 Å². The molecule has 1 aliphatic heterocycles. The van der Waals surface area contributed by atoms with Crippen LogP contribution in [-0.2, 0) is 6.42 Å². The summed E-state index contributed by atoms with van der Waals surface area (Å²) < 4.78 is 4.49. The third-order valence-electron chi connectivity index (χ3n) is 4.84. The maximum atomic E-state index is 12.5. The molecular weight excluding hydrogens is 406 g/mol. The molecule has 4 rings (SSSR count). The van der Waals surface area contributed by atoms with Crippen LogP contribution in [0.15, 0.2) is 48.5 Å². The Balaban J connectivity index is 1.31. The van der Waals surface area contributed by atoms with E-state index in [1.807, 2.05) is 60.4 Å². The fraction of sp³-hybridized carbons (Fsp3) is 0.286. The predicted molar refractivity (Wildman–Crippen MR) is 118 cm³/mol. The summed E-state index contributed by atoms with van der Waals surface area (Å²) in [6.07, 6.45) is 0.687. The second-order valence-corrected chi connectivity index (χ2v) is 8.24. The monoisotopic (exact) mass is 427 g/mol. The van der Waals surface area contributed by atoms with E-state index < -0.39 is 0 Å². The van der Waals surface area contributed by atoms with E-state index in [4.69, 9.17) is 11.6 Å². The second kappa shape index (κ2) is 8.80. The van der Waals surface area contributed by atoms with Crippen LogP contribution in [0.3, 0.4) is 0 Å². The lowest BCUT2D eigenvalue weighted by atomic mass is 10.1. The summed E-state index contributed by atoms with van der Waals surface area (Å²) in [4.78, 5) is 21.2. The summed E-state index contributed by atoms with van der Waals surface area (Å²) in [6.45, 7) is 4.82. The summed E-state index contributed by atoms with van der Waals surface area (Å²) in [5, 5.41) is 4.61. The molecule has 29 heavy (non-hydrogen) atoms. The van der Waals surface area contributed by atoms with Gasteiger partial charge in [0.05, 0.1) is 0 Å². The molecule has 1 saturated heterocycles. The normalized spacial score (nSPS) is 14.1. The van der Waals surface area contributed by atoms with Crippen molar-refractivity contribution in [3.8, 4) is 0 Å². The molecule has 3 aromatic rings. The van der Waals surface area contributed by atoms with Crippen molar-refractivity contribution in [3.05, 3.63) is 70.5 Å². The Morgan fingerprint density at radius 2 is 1.90 bits per heavy atom. The van der Waals surface area contributed by atoms with Gasteiger partial charge in [-0.3, -0.25) is 0 Å². The van der Waals surface area contributed by atoms with Gasteiger partial charge in [0.25, 0.3) is 0 Å². The highest BCUT2D eigenvalue weighted by Crippen LogP contribution is 2.21. The molecule has 2 aromatic carbocycles. The van der Waals surface area contributed by atoms with Gasteiger partial charge in [0.1, 0.15) is 5.82 Å². The number of carbonyl (C=O) groups excluding carboxylic acids is 1. The molecule has 0 saturated carbocycles. The van der Waals surface area contributed by atoms with E-state index in [1.54, 1.807) is 0 Å². The predicted octanol–water partition coefficient (Wildman–Crippen LogP) is 4.44. The molecule has 0 unspecified atom stereocenters. The highest BCUT2D eigenvalue weighted by atomic mass is 35.5. The van der Waals surface area contributed by atoms with E-state index in [-0.39, 0.29) is 6.03 Å². The van der Waals surface area contributed by atoms with Gasteiger partial charge in [-0.2, -0.15) is 4.37 Å². The number of amides is 2. The molecule has 1 fully saturated rings. The van der Waals surface area contributed by atoms with E-state index in [9.17, 15) is 4.79 Å². The van der Waals surface area contributed by atoms with Crippen LogP contribution in [0, 0.1) is 6.92 Å². The van der Waals surface area contributed by atoms with Crippen molar-refractivity contribution in [2.75, 3.05) is 36.4 Å². The minimum Gasteiger partial charge on any atom is -0.343 e. The lowest BCUT2D eigenvalue weighted by Crippen LogP contribution is -2.50. The Labute approximate surface area is 179 Å². The fourth-order valence-corrected chi connectivity index (χ4v) is 4.12. The van der Waals surface area contributed by atoms with Crippen molar-refractivity contribution in [1.29, 1.82) is 0 Å². The minimum atomic E-state index is -0.0593. The first-order valence-corrected chi connectivity index (χ1v) is 10.7.